The Labute approximate surface area is 160 Å². The second-order valence-corrected chi connectivity index (χ2v) is 7.75. The quantitative estimate of drug-likeness (QED) is 0.702. The third-order valence-electron chi connectivity index (χ3n) is 5.74. The molecule has 0 aliphatic heterocycles. The molecule has 1 fully saturated rings. The van der Waals surface area contributed by atoms with Crippen molar-refractivity contribution in [1.82, 2.24) is 5.32 Å². The van der Waals surface area contributed by atoms with Crippen LogP contribution in [0, 0.1) is 23.7 Å². The third kappa shape index (κ3) is 4.34. The number of carbonyl (C=O) groups is 2. The summed E-state index contributed by atoms with van der Waals surface area (Å²) in [7, 11) is 0. The van der Waals surface area contributed by atoms with E-state index in [0.29, 0.717) is 24.2 Å². The summed E-state index contributed by atoms with van der Waals surface area (Å²) in [5, 5.41) is 11.8. The molecule has 2 N–H and O–H groups in total. The molecule has 5 heteroatoms. The number of hydrogen-bond donors (Lipinski definition) is 2. The molecule has 0 bridgehead atoms. The minimum atomic E-state index is -1.02. The summed E-state index contributed by atoms with van der Waals surface area (Å²) in [5.41, 5.74) is 2.65. The number of carboxylic acid groups (broad SMARTS) is 1. The van der Waals surface area contributed by atoms with E-state index < -0.39 is 18.1 Å². The molecule has 0 heterocycles. The maximum absolute atomic E-state index is 12.2. The van der Waals surface area contributed by atoms with Crippen LogP contribution in [0.3, 0.4) is 0 Å². The Morgan fingerprint density at radius 2 is 2.07 bits per heavy atom. The van der Waals surface area contributed by atoms with Crippen molar-refractivity contribution in [3.63, 3.8) is 0 Å². The fourth-order valence-corrected chi connectivity index (χ4v) is 4.31. The van der Waals surface area contributed by atoms with Crippen LogP contribution in [0.15, 0.2) is 47.6 Å². The summed E-state index contributed by atoms with van der Waals surface area (Å²) in [5.74, 6) is 0.273. The molecule has 0 radical (unpaired) electrons. The molecule has 3 rings (SSSR count). The van der Waals surface area contributed by atoms with Crippen LogP contribution in [0.1, 0.15) is 39.5 Å². The van der Waals surface area contributed by atoms with Crippen molar-refractivity contribution < 1.29 is 19.4 Å². The molecule has 0 saturated heterocycles. The Morgan fingerprint density at radius 1 is 1.30 bits per heavy atom. The van der Waals surface area contributed by atoms with Gasteiger partial charge in [-0.15, -0.1) is 0 Å². The van der Waals surface area contributed by atoms with E-state index in [0.717, 1.165) is 19.3 Å². The second kappa shape index (κ2) is 8.59. The average molecular weight is 371 g/mol. The van der Waals surface area contributed by atoms with Crippen LogP contribution in [0.2, 0.25) is 0 Å². The Balaban J connectivity index is 1.64. The van der Waals surface area contributed by atoms with Crippen molar-refractivity contribution in [3.05, 3.63) is 47.6 Å². The SMILES string of the molecule is CCCCC(NC(=O)OCC1C2=CCC(C)C=C2C2C=CC=CC21)C(=O)O. The fourth-order valence-electron chi connectivity index (χ4n) is 4.31. The predicted molar refractivity (Wildman–Crippen MR) is 104 cm³/mol. The van der Waals surface area contributed by atoms with Crippen molar-refractivity contribution in [3.8, 4) is 0 Å². The lowest BCUT2D eigenvalue weighted by Crippen LogP contribution is -2.41. The number of hydrogen-bond acceptors (Lipinski definition) is 3. The Bertz CT molecular complexity index is 703. The highest BCUT2D eigenvalue weighted by atomic mass is 16.5. The second-order valence-electron chi connectivity index (χ2n) is 7.75. The number of ether oxygens (including phenoxy) is 1. The molecule has 5 atom stereocenters. The topological polar surface area (TPSA) is 75.6 Å². The summed E-state index contributed by atoms with van der Waals surface area (Å²) in [6.45, 7) is 4.48. The lowest BCUT2D eigenvalue weighted by molar-refractivity contribution is -0.139. The van der Waals surface area contributed by atoms with E-state index in [4.69, 9.17) is 4.74 Å². The van der Waals surface area contributed by atoms with Crippen molar-refractivity contribution in [1.29, 1.82) is 0 Å². The molecule has 146 valence electrons. The Kier molecular flexibility index (Phi) is 6.19. The number of unbranched alkanes of at least 4 members (excludes halogenated alkanes) is 1. The number of rotatable bonds is 7. The molecular formula is C22H29NO4. The van der Waals surface area contributed by atoms with Gasteiger partial charge in [-0.1, -0.05) is 63.1 Å². The summed E-state index contributed by atoms with van der Waals surface area (Å²) < 4.78 is 5.47. The van der Waals surface area contributed by atoms with Crippen molar-refractivity contribution >= 4 is 12.1 Å². The molecular weight excluding hydrogens is 342 g/mol. The maximum atomic E-state index is 12.2. The van der Waals surface area contributed by atoms with Crippen LogP contribution in [0.25, 0.3) is 0 Å². The van der Waals surface area contributed by atoms with Gasteiger partial charge < -0.3 is 15.2 Å². The molecule has 5 nitrogen and oxygen atoms in total. The predicted octanol–water partition coefficient (Wildman–Crippen LogP) is 4.24. The van der Waals surface area contributed by atoms with Crippen LogP contribution < -0.4 is 5.32 Å². The standard InChI is InChI=1S/C22H29NO4/c1-3-4-9-20(21(24)25)23-22(26)27-13-19-16-8-6-5-7-15(16)18-12-14(2)10-11-17(18)19/h5-8,11-12,14-16,19-20H,3-4,9-10,13H2,1-2H3,(H,23,26)(H,24,25). The van der Waals surface area contributed by atoms with Gasteiger partial charge in [-0.2, -0.15) is 0 Å². The molecule has 0 aromatic rings. The first kappa shape index (κ1) is 19.5. The molecule has 5 unspecified atom stereocenters. The van der Waals surface area contributed by atoms with Gasteiger partial charge in [0.05, 0.1) is 0 Å². The van der Waals surface area contributed by atoms with E-state index in [1.165, 1.54) is 11.1 Å². The molecule has 3 aliphatic carbocycles. The maximum Gasteiger partial charge on any atom is 0.407 e. The number of amides is 1. The monoisotopic (exact) mass is 371 g/mol. The average Bonchev–Trinajstić information content (AvgIpc) is 2.96. The Hall–Kier alpha value is -2.30. The summed E-state index contributed by atoms with van der Waals surface area (Å²) >= 11 is 0. The Morgan fingerprint density at radius 3 is 2.81 bits per heavy atom. The zero-order valence-corrected chi connectivity index (χ0v) is 16.1. The number of aliphatic carboxylic acids is 1. The number of fused-ring (bicyclic) bond motifs is 3. The van der Waals surface area contributed by atoms with Crippen LogP contribution in [-0.2, 0) is 9.53 Å². The van der Waals surface area contributed by atoms with E-state index in [-0.39, 0.29) is 12.5 Å². The number of alkyl carbamates (subject to hydrolysis) is 1. The number of allylic oxidation sites excluding steroid dienone is 7. The number of carbonyl (C=O) groups excluding carboxylic acids is 1. The fraction of sp³-hybridized carbons (Fsp3) is 0.545. The van der Waals surface area contributed by atoms with Crippen molar-refractivity contribution in [2.24, 2.45) is 23.7 Å². The first-order chi connectivity index (χ1) is 13.0. The smallest absolute Gasteiger partial charge is 0.407 e. The van der Waals surface area contributed by atoms with Crippen LogP contribution in [-0.4, -0.2) is 29.8 Å². The first-order valence-corrected chi connectivity index (χ1v) is 9.94. The van der Waals surface area contributed by atoms with Gasteiger partial charge in [0.1, 0.15) is 12.6 Å². The lowest BCUT2D eigenvalue weighted by atomic mass is 9.85. The molecule has 1 saturated carbocycles. The zero-order chi connectivity index (χ0) is 19.4. The summed E-state index contributed by atoms with van der Waals surface area (Å²) in [6.07, 6.45) is 15.6. The summed E-state index contributed by atoms with van der Waals surface area (Å²) in [4.78, 5) is 23.5. The summed E-state index contributed by atoms with van der Waals surface area (Å²) in [6, 6.07) is -0.892. The van der Waals surface area contributed by atoms with E-state index >= 15 is 0 Å². The van der Waals surface area contributed by atoms with Gasteiger partial charge >= 0.3 is 12.1 Å². The van der Waals surface area contributed by atoms with Crippen LogP contribution >= 0.6 is 0 Å². The first-order valence-electron chi connectivity index (χ1n) is 9.94. The van der Waals surface area contributed by atoms with Crippen LogP contribution in [0.4, 0.5) is 4.79 Å². The van der Waals surface area contributed by atoms with E-state index in [9.17, 15) is 14.7 Å². The zero-order valence-electron chi connectivity index (χ0n) is 16.1. The highest BCUT2D eigenvalue weighted by Crippen LogP contribution is 2.50. The largest absolute Gasteiger partial charge is 0.480 e. The van der Waals surface area contributed by atoms with Gasteiger partial charge in [0.15, 0.2) is 0 Å². The van der Waals surface area contributed by atoms with Gasteiger partial charge in [-0.05, 0) is 35.8 Å². The third-order valence-corrected chi connectivity index (χ3v) is 5.74. The minimum Gasteiger partial charge on any atom is -0.480 e. The molecule has 1 amide bonds. The van der Waals surface area contributed by atoms with Gasteiger partial charge in [-0.25, -0.2) is 9.59 Å². The van der Waals surface area contributed by atoms with Gasteiger partial charge in [-0.3, -0.25) is 0 Å². The number of carboxylic acids is 1. The number of nitrogens with one attached hydrogen (secondary N) is 1. The molecule has 3 aliphatic rings. The molecule has 0 aromatic heterocycles. The highest BCUT2D eigenvalue weighted by molar-refractivity contribution is 5.79. The molecule has 0 spiro atoms. The van der Waals surface area contributed by atoms with Crippen molar-refractivity contribution in [2.45, 2.75) is 45.6 Å². The minimum absolute atomic E-state index is 0.125. The van der Waals surface area contributed by atoms with E-state index in [2.05, 4.69) is 48.7 Å². The van der Waals surface area contributed by atoms with Gasteiger partial charge in [0.25, 0.3) is 0 Å². The van der Waals surface area contributed by atoms with Gasteiger partial charge in [0, 0.05) is 11.8 Å². The van der Waals surface area contributed by atoms with Crippen molar-refractivity contribution in [2.75, 3.05) is 6.61 Å². The van der Waals surface area contributed by atoms with E-state index in [1.54, 1.807) is 0 Å². The molecule has 0 aromatic carbocycles. The van der Waals surface area contributed by atoms with E-state index in [1.807, 2.05) is 6.92 Å². The van der Waals surface area contributed by atoms with Gasteiger partial charge in [0.2, 0.25) is 0 Å². The van der Waals surface area contributed by atoms with Crippen LogP contribution in [0.5, 0.6) is 0 Å². The lowest BCUT2D eigenvalue weighted by Gasteiger charge is -2.22. The molecule has 27 heavy (non-hydrogen) atoms. The highest BCUT2D eigenvalue weighted by Gasteiger charge is 2.42. The normalized spacial score (nSPS) is 29.3.